The third-order valence-electron chi connectivity index (χ3n) is 5.06. The molecule has 0 saturated carbocycles. The number of fused-ring (bicyclic) bond motifs is 3. The Bertz CT molecular complexity index is 1040. The van der Waals surface area contributed by atoms with Gasteiger partial charge in [-0.1, -0.05) is 23.7 Å². The van der Waals surface area contributed by atoms with E-state index in [9.17, 15) is 5.11 Å². The normalized spacial score (nSPS) is 18.0. The highest BCUT2D eigenvalue weighted by Gasteiger charge is 2.34. The maximum absolute atomic E-state index is 9.71. The summed E-state index contributed by atoms with van der Waals surface area (Å²) in [6, 6.07) is 11.7. The first-order valence-corrected chi connectivity index (χ1v) is 10.6. The lowest BCUT2D eigenvalue weighted by Gasteiger charge is -2.23. The number of hydrogen-bond acceptors (Lipinski definition) is 6. The van der Waals surface area contributed by atoms with Crippen LogP contribution < -0.4 is 9.47 Å². The van der Waals surface area contributed by atoms with Gasteiger partial charge in [-0.2, -0.15) is 0 Å². The summed E-state index contributed by atoms with van der Waals surface area (Å²) in [5.74, 6) is 2.99. The Morgan fingerprint density at radius 3 is 2.69 bits per heavy atom. The number of rotatable bonds is 5. The van der Waals surface area contributed by atoms with E-state index in [1.165, 1.54) is 0 Å². The van der Waals surface area contributed by atoms with E-state index < -0.39 is 0 Å². The Kier molecular flexibility index (Phi) is 5.72. The molecule has 0 radical (unpaired) electrons. The van der Waals surface area contributed by atoms with Crippen molar-refractivity contribution >= 4 is 23.4 Å². The van der Waals surface area contributed by atoms with Gasteiger partial charge in [0, 0.05) is 17.2 Å². The molecule has 152 valence electrons. The van der Waals surface area contributed by atoms with E-state index in [1.807, 2.05) is 43.3 Å². The maximum atomic E-state index is 9.71. The van der Waals surface area contributed by atoms with E-state index >= 15 is 0 Å². The van der Waals surface area contributed by atoms with Gasteiger partial charge in [-0.15, -0.1) is 22.0 Å². The predicted octanol–water partition coefficient (Wildman–Crippen LogP) is 4.51. The van der Waals surface area contributed by atoms with Crippen molar-refractivity contribution in [3.8, 4) is 17.2 Å². The lowest BCUT2D eigenvalue weighted by Crippen LogP contribution is -2.06. The second-order valence-corrected chi connectivity index (χ2v) is 8.49. The molecule has 0 unspecified atom stereocenters. The first kappa shape index (κ1) is 20.1. The summed E-state index contributed by atoms with van der Waals surface area (Å²) >= 11 is 8.12. The highest BCUT2D eigenvalue weighted by Crippen LogP contribution is 2.53. The minimum Gasteiger partial charge on any atom is -0.493 e. The van der Waals surface area contributed by atoms with Crippen LogP contribution >= 0.6 is 23.4 Å². The Balaban J connectivity index is 1.98. The van der Waals surface area contributed by atoms with Gasteiger partial charge in [-0.25, -0.2) is 0 Å². The van der Waals surface area contributed by atoms with E-state index in [4.69, 9.17) is 21.1 Å². The molecule has 1 N–H and O–H groups in total. The number of nitrogens with zero attached hydrogens (tertiary/aromatic N) is 3. The van der Waals surface area contributed by atoms with Gasteiger partial charge < -0.3 is 14.6 Å². The third-order valence-corrected chi connectivity index (χ3v) is 6.85. The van der Waals surface area contributed by atoms with Gasteiger partial charge in [0.1, 0.15) is 5.82 Å². The number of thioether (sulfide) groups is 1. The Morgan fingerprint density at radius 1 is 1.14 bits per heavy atom. The van der Waals surface area contributed by atoms with Crippen molar-refractivity contribution < 1.29 is 14.6 Å². The molecule has 8 heteroatoms. The number of aliphatic hydroxyl groups excluding tert-OH is 1. The van der Waals surface area contributed by atoms with Crippen molar-refractivity contribution in [3.63, 3.8) is 0 Å². The Hall–Kier alpha value is -2.22. The van der Waals surface area contributed by atoms with Crippen LogP contribution in [0.15, 0.2) is 36.4 Å². The molecule has 4 rings (SSSR count). The maximum Gasteiger partial charge on any atom is 0.165 e. The Morgan fingerprint density at radius 2 is 1.97 bits per heavy atom. The molecule has 2 heterocycles. The summed E-state index contributed by atoms with van der Waals surface area (Å²) in [7, 11) is 3.28. The molecule has 0 aliphatic carbocycles. The lowest BCUT2D eigenvalue weighted by molar-refractivity contribution is 0.286. The molecule has 0 fully saturated rings. The van der Waals surface area contributed by atoms with Crippen LogP contribution in [0, 0.1) is 6.92 Å². The summed E-state index contributed by atoms with van der Waals surface area (Å²) in [4.78, 5) is 0. The summed E-state index contributed by atoms with van der Waals surface area (Å²) in [5.41, 5.74) is 3.01. The van der Waals surface area contributed by atoms with Crippen molar-refractivity contribution in [1.82, 2.24) is 14.8 Å². The van der Waals surface area contributed by atoms with Crippen molar-refractivity contribution in [2.45, 2.75) is 23.8 Å². The molecule has 1 aliphatic heterocycles. The molecular formula is C21H22ClN3O3S. The minimum absolute atomic E-state index is 0.0479. The van der Waals surface area contributed by atoms with Crippen LogP contribution in [0.4, 0.5) is 0 Å². The molecule has 29 heavy (non-hydrogen) atoms. The zero-order valence-corrected chi connectivity index (χ0v) is 18.0. The van der Waals surface area contributed by atoms with Crippen LogP contribution in [0.1, 0.15) is 39.7 Å². The SMILES string of the molecule is COc1cccc([C@H]2S[C@H](CCO)c3nnc(C)n3-c3ccc(Cl)cc32)c1OC. The predicted molar refractivity (Wildman–Crippen MR) is 115 cm³/mol. The van der Waals surface area contributed by atoms with E-state index in [1.54, 1.807) is 26.0 Å². The molecule has 0 bridgehead atoms. The number of aryl methyl sites for hydroxylation is 1. The molecule has 0 spiro atoms. The number of halogens is 1. The summed E-state index contributed by atoms with van der Waals surface area (Å²) < 4.78 is 13.3. The second kappa shape index (κ2) is 8.26. The average Bonchev–Trinajstić information content (AvgIpc) is 3.05. The lowest BCUT2D eigenvalue weighted by atomic mass is 10.0. The summed E-state index contributed by atoms with van der Waals surface area (Å²) in [5, 5.41) is 19.0. The topological polar surface area (TPSA) is 69.4 Å². The first-order valence-electron chi connectivity index (χ1n) is 9.28. The van der Waals surface area contributed by atoms with Gasteiger partial charge in [0.2, 0.25) is 0 Å². The number of aromatic nitrogens is 3. The number of ether oxygens (including phenoxy) is 2. The van der Waals surface area contributed by atoms with Crippen LogP contribution in [0.2, 0.25) is 5.02 Å². The van der Waals surface area contributed by atoms with Gasteiger partial charge in [-0.3, -0.25) is 4.57 Å². The minimum atomic E-state index is -0.0913. The highest BCUT2D eigenvalue weighted by atomic mass is 35.5. The van der Waals surface area contributed by atoms with E-state index in [-0.39, 0.29) is 17.1 Å². The molecule has 6 nitrogen and oxygen atoms in total. The van der Waals surface area contributed by atoms with Gasteiger partial charge in [0.05, 0.1) is 30.4 Å². The summed E-state index contributed by atoms with van der Waals surface area (Å²) in [6.45, 7) is 1.99. The van der Waals surface area contributed by atoms with Crippen molar-refractivity contribution in [2.75, 3.05) is 20.8 Å². The van der Waals surface area contributed by atoms with Crippen LogP contribution in [0.25, 0.3) is 5.69 Å². The van der Waals surface area contributed by atoms with Crippen LogP contribution in [0.5, 0.6) is 11.5 Å². The van der Waals surface area contributed by atoms with E-state index in [2.05, 4.69) is 14.8 Å². The third kappa shape index (κ3) is 3.47. The molecule has 1 aromatic heterocycles. The molecular weight excluding hydrogens is 410 g/mol. The zero-order valence-electron chi connectivity index (χ0n) is 16.4. The fourth-order valence-electron chi connectivity index (χ4n) is 3.80. The van der Waals surface area contributed by atoms with Crippen molar-refractivity contribution in [2.24, 2.45) is 0 Å². The molecule has 0 saturated heterocycles. The zero-order chi connectivity index (χ0) is 20.5. The van der Waals surface area contributed by atoms with Crippen molar-refractivity contribution in [1.29, 1.82) is 0 Å². The smallest absolute Gasteiger partial charge is 0.165 e. The van der Waals surface area contributed by atoms with Crippen LogP contribution in [0.3, 0.4) is 0 Å². The molecule has 1 aliphatic rings. The molecule has 0 amide bonds. The van der Waals surface area contributed by atoms with Crippen LogP contribution in [-0.2, 0) is 0 Å². The monoisotopic (exact) mass is 431 g/mol. The fourth-order valence-corrected chi connectivity index (χ4v) is 5.49. The Labute approximate surface area is 178 Å². The van der Waals surface area contributed by atoms with Crippen LogP contribution in [-0.4, -0.2) is 40.7 Å². The molecule has 2 atom stereocenters. The molecule has 3 aromatic rings. The number of hydrogen-bond donors (Lipinski definition) is 1. The summed E-state index contributed by atoms with van der Waals surface area (Å²) in [6.07, 6.45) is 0.563. The standard InChI is InChI=1S/C21H22ClN3O3S/c1-12-23-24-21-18(9-10-26)29-20(14-5-4-6-17(27-2)19(14)28-3)15-11-13(22)7-8-16(15)25(12)21/h4-8,11,18,20,26H,9-10H2,1-3H3/t18-,20-/m1/s1. The first-order chi connectivity index (χ1) is 14.1. The largest absolute Gasteiger partial charge is 0.493 e. The number of para-hydroxylation sites is 1. The number of benzene rings is 2. The average molecular weight is 432 g/mol. The quantitative estimate of drug-likeness (QED) is 0.641. The van der Waals surface area contributed by atoms with Gasteiger partial charge in [0.15, 0.2) is 17.3 Å². The second-order valence-electron chi connectivity index (χ2n) is 6.74. The van der Waals surface area contributed by atoms with Gasteiger partial charge >= 0.3 is 0 Å². The van der Waals surface area contributed by atoms with Gasteiger partial charge in [0.25, 0.3) is 0 Å². The highest BCUT2D eigenvalue weighted by molar-refractivity contribution is 8.00. The van der Waals surface area contributed by atoms with Gasteiger partial charge in [-0.05, 0) is 43.2 Å². The van der Waals surface area contributed by atoms with Crippen molar-refractivity contribution in [3.05, 3.63) is 64.2 Å². The number of methoxy groups -OCH3 is 2. The van der Waals surface area contributed by atoms with E-state index in [0.29, 0.717) is 22.9 Å². The van der Waals surface area contributed by atoms with E-state index in [0.717, 1.165) is 28.5 Å². The molecule has 2 aromatic carbocycles. The fraction of sp³-hybridized carbons (Fsp3) is 0.333. The number of aliphatic hydroxyl groups is 1.